The van der Waals surface area contributed by atoms with E-state index in [-0.39, 0.29) is 5.82 Å². The molecular weight excluding hydrogens is 217 g/mol. The lowest BCUT2D eigenvalue weighted by Crippen LogP contribution is -2.17. The molecule has 0 aliphatic carbocycles. The number of rotatable bonds is 2. The summed E-state index contributed by atoms with van der Waals surface area (Å²) in [5, 5.41) is 0.763. The molecule has 1 fully saturated rings. The predicted molar refractivity (Wildman–Crippen MR) is 65.5 cm³/mol. The molecule has 1 aliphatic rings. The molecule has 1 N–H and O–H groups in total. The lowest BCUT2D eigenvalue weighted by molar-refractivity contribution is 0.0666. The highest BCUT2D eigenvalue weighted by molar-refractivity contribution is 5.83. The van der Waals surface area contributed by atoms with Crippen molar-refractivity contribution in [1.82, 2.24) is 4.98 Å². The van der Waals surface area contributed by atoms with Gasteiger partial charge in [-0.25, -0.2) is 4.39 Å². The highest BCUT2D eigenvalue weighted by Gasteiger charge is 2.17. The van der Waals surface area contributed by atoms with E-state index in [1.807, 2.05) is 12.3 Å². The van der Waals surface area contributed by atoms with Crippen molar-refractivity contribution in [3.63, 3.8) is 0 Å². The van der Waals surface area contributed by atoms with Gasteiger partial charge in [0.2, 0.25) is 0 Å². The van der Waals surface area contributed by atoms with E-state index in [1.54, 1.807) is 6.07 Å². The monoisotopic (exact) mass is 233 g/mol. The maximum Gasteiger partial charge on any atom is 0.132 e. The molecule has 0 unspecified atom stereocenters. The second kappa shape index (κ2) is 4.49. The fourth-order valence-electron chi connectivity index (χ4n) is 2.63. The quantitative estimate of drug-likeness (QED) is 0.846. The Balaban J connectivity index is 1.89. The highest BCUT2D eigenvalue weighted by atomic mass is 19.1. The first-order chi connectivity index (χ1) is 8.34. The number of fused-ring (bicyclic) bond motifs is 1. The van der Waals surface area contributed by atoms with Gasteiger partial charge < -0.3 is 9.72 Å². The Bertz CT molecular complexity index is 514. The molecule has 0 saturated carbocycles. The van der Waals surface area contributed by atoms with Crippen LogP contribution < -0.4 is 0 Å². The van der Waals surface area contributed by atoms with Gasteiger partial charge in [-0.15, -0.1) is 0 Å². The molecule has 1 aromatic carbocycles. The van der Waals surface area contributed by atoms with Crippen LogP contribution in [0.5, 0.6) is 0 Å². The number of nitrogens with one attached hydrogen (secondary N) is 1. The fraction of sp³-hybridized carbons (Fsp3) is 0.429. The Morgan fingerprint density at radius 1 is 1.29 bits per heavy atom. The van der Waals surface area contributed by atoms with Crippen molar-refractivity contribution >= 4 is 10.9 Å². The molecule has 0 amide bonds. The van der Waals surface area contributed by atoms with Crippen LogP contribution in [0.15, 0.2) is 24.4 Å². The van der Waals surface area contributed by atoms with Crippen LogP contribution in [0.1, 0.15) is 18.4 Å². The summed E-state index contributed by atoms with van der Waals surface area (Å²) in [6.45, 7) is 1.69. The van der Waals surface area contributed by atoms with Crippen molar-refractivity contribution in [3.8, 4) is 0 Å². The molecule has 2 aromatic rings. The lowest BCUT2D eigenvalue weighted by Gasteiger charge is -2.21. The fourth-order valence-corrected chi connectivity index (χ4v) is 2.63. The Morgan fingerprint density at radius 3 is 2.94 bits per heavy atom. The summed E-state index contributed by atoms with van der Waals surface area (Å²) >= 11 is 0. The van der Waals surface area contributed by atoms with Crippen molar-refractivity contribution in [2.24, 2.45) is 5.92 Å². The van der Waals surface area contributed by atoms with Gasteiger partial charge in [-0.05, 0) is 42.9 Å². The zero-order valence-electron chi connectivity index (χ0n) is 9.71. The van der Waals surface area contributed by atoms with Crippen molar-refractivity contribution in [2.45, 2.75) is 19.3 Å². The smallest absolute Gasteiger partial charge is 0.132 e. The van der Waals surface area contributed by atoms with Crippen LogP contribution in [0.3, 0.4) is 0 Å². The van der Waals surface area contributed by atoms with Gasteiger partial charge in [-0.2, -0.15) is 0 Å². The average molecular weight is 233 g/mol. The Hall–Kier alpha value is -1.35. The summed E-state index contributed by atoms with van der Waals surface area (Å²) in [4.78, 5) is 3.15. The Morgan fingerprint density at radius 2 is 2.12 bits per heavy atom. The average Bonchev–Trinajstić information content (AvgIpc) is 2.75. The number of aromatic amines is 1. The van der Waals surface area contributed by atoms with Gasteiger partial charge in [0.05, 0.1) is 0 Å². The molecular formula is C14H16FNO. The van der Waals surface area contributed by atoms with E-state index < -0.39 is 0 Å². The number of H-pyrrole nitrogens is 1. The molecule has 2 heterocycles. The first-order valence-electron chi connectivity index (χ1n) is 6.17. The molecule has 90 valence electrons. The molecule has 0 atom stereocenters. The lowest BCUT2D eigenvalue weighted by atomic mass is 9.92. The van der Waals surface area contributed by atoms with Crippen molar-refractivity contribution in [3.05, 3.63) is 35.8 Å². The molecule has 1 aliphatic heterocycles. The summed E-state index contributed by atoms with van der Waals surface area (Å²) in [7, 11) is 0. The van der Waals surface area contributed by atoms with Gasteiger partial charge >= 0.3 is 0 Å². The van der Waals surface area contributed by atoms with Crippen LogP contribution in [0.4, 0.5) is 4.39 Å². The molecule has 0 radical (unpaired) electrons. The van der Waals surface area contributed by atoms with E-state index in [2.05, 4.69) is 4.98 Å². The van der Waals surface area contributed by atoms with Gasteiger partial charge in [0.1, 0.15) is 5.82 Å². The topological polar surface area (TPSA) is 25.0 Å². The molecule has 1 aromatic heterocycles. The van der Waals surface area contributed by atoms with Gasteiger partial charge in [0.15, 0.2) is 0 Å². The van der Waals surface area contributed by atoms with Crippen LogP contribution in [0, 0.1) is 11.7 Å². The summed E-state index contributed by atoms with van der Waals surface area (Å²) in [5.74, 6) is 0.508. The summed E-state index contributed by atoms with van der Waals surface area (Å²) < 4.78 is 19.1. The third-order valence-corrected chi connectivity index (χ3v) is 3.59. The maximum atomic E-state index is 13.8. The van der Waals surface area contributed by atoms with Crippen LogP contribution in [-0.4, -0.2) is 18.2 Å². The second-order valence-corrected chi connectivity index (χ2v) is 4.74. The predicted octanol–water partition coefficient (Wildman–Crippen LogP) is 3.28. The summed E-state index contributed by atoms with van der Waals surface area (Å²) in [6, 6.07) is 5.20. The minimum Gasteiger partial charge on any atom is -0.381 e. The number of benzene rings is 1. The third kappa shape index (κ3) is 2.07. The minimum atomic E-state index is -0.120. The SMILES string of the molecule is Fc1cccc2[nH]cc(CC3CCOCC3)c12. The molecule has 0 spiro atoms. The summed E-state index contributed by atoms with van der Waals surface area (Å²) in [5.41, 5.74) is 2.00. The molecule has 2 nitrogen and oxygen atoms in total. The normalized spacial score (nSPS) is 17.7. The summed E-state index contributed by atoms with van der Waals surface area (Å²) in [6.07, 6.45) is 5.07. The standard InChI is InChI=1S/C14H16FNO/c15-12-2-1-3-13-14(12)11(9-16-13)8-10-4-6-17-7-5-10/h1-3,9-10,16H,4-8H2. The first kappa shape index (κ1) is 10.8. The Kier molecular flexibility index (Phi) is 2.85. The van der Waals surface area contributed by atoms with Crippen molar-refractivity contribution < 1.29 is 9.13 Å². The van der Waals surface area contributed by atoms with Gasteiger partial charge in [0.25, 0.3) is 0 Å². The van der Waals surface area contributed by atoms with Crippen LogP contribution in [-0.2, 0) is 11.2 Å². The zero-order valence-corrected chi connectivity index (χ0v) is 9.71. The van der Waals surface area contributed by atoms with Crippen LogP contribution in [0.2, 0.25) is 0 Å². The minimum absolute atomic E-state index is 0.120. The van der Waals surface area contributed by atoms with E-state index >= 15 is 0 Å². The van der Waals surface area contributed by atoms with Crippen molar-refractivity contribution in [1.29, 1.82) is 0 Å². The van der Waals surface area contributed by atoms with Crippen LogP contribution in [0.25, 0.3) is 10.9 Å². The molecule has 1 saturated heterocycles. The van der Waals surface area contributed by atoms with Crippen molar-refractivity contribution in [2.75, 3.05) is 13.2 Å². The molecule has 0 bridgehead atoms. The van der Waals surface area contributed by atoms with E-state index in [0.29, 0.717) is 5.92 Å². The molecule has 3 heteroatoms. The number of halogens is 1. The zero-order chi connectivity index (χ0) is 11.7. The van der Waals surface area contributed by atoms with E-state index in [1.165, 1.54) is 6.07 Å². The first-order valence-corrected chi connectivity index (χ1v) is 6.17. The number of hydrogen-bond donors (Lipinski definition) is 1. The molecule has 3 rings (SSSR count). The maximum absolute atomic E-state index is 13.8. The van der Waals surface area contributed by atoms with E-state index in [0.717, 1.165) is 48.9 Å². The number of hydrogen-bond acceptors (Lipinski definition) is 1. The number of ether oxygens (including phenoxy) is 1. The van der Waals surface area contributed by atoms with Crippen LogP contribution >= 0.6 is 0 Å². The number of aromatic nitrogens is 1. The highest BCUT2D eigenvalue weighted by Crippen LogP contribution is 2.27. The Labute approximate surface area is 99.8 Å². The molecule has 17 heavy (non-hydrogen) atoms. The second-order valence-electron chi connectivity index (χ2n) is 4.74. The van der Waals surface area contributed by atoms with Gasteiger partial charge in [-0.1, -0.05) is 6.07 Å². The van der Waals surface area contributed by atoms with Gasteiger partial charge in [0, 0.05) is 30.3 Å². The van der Waals surface area contributed by atoms with E-state index in [4.69, 9.17) is 4.74 Å². The van der Waals surface area contributed by atoms with E-state index in [9.17, 15) is 4.39 Å². The largest absolute Gasteiger partial charge is 0.381 e. The third-order valence-electron chi connectivity index (χ3n) is 3.59. The van der Waals surface area contributed by atoms with Gasteiger partial charge in [-0.3, -0.25) is 0 Å².